The Kier molecular flexibility index (Phi) is 8.33. The average Bonchev–Trinajstić information content (AvgIpc) is 2.52. The summed E-state index contributed by atoms with van der Waals surface area (Å²) < 4.78 is 0. The van der Waals surface area contributed by atoms with Gasteiger partial charge in [0.05, 0.1) is 0 Å². The normalized spacial score (nSPS) is 27.7. The van der Waals surface area contributed by atoms with Crippen LogP contribution in [-0.2, 0) is 0 Å². The third-order valence-electron chi connectivity index (χ3n) is 3.55. The predicted octanol–water partition coefficient (Wildman–Crippen LogP) is 3.19. The fraction of sp³-hybridized carbons (Fsp3) is 1.00. The molecule has 0 saturated heterocycles. The van der Waals surface area contributed by atoms with E-state index in [1.54, 1.807) is 0 Å². The standard InChI is InChI=1S/C14H29NOS/c1-3-10-15-13-7-5-4-6-8-14(13)17-12(2)9-11-16/h12-16H,3-11H2,1-2H3. The predicted molar refractivity (Wildman–Crippen MR) is 77.7 cm³/mol. The molecule has 0 spiro atoms. The molecule has 1 rings (SSSR count). The van der Waals surface area contributed by atoms with Crippen LogP contribution in [0.25, 0.3) is 0 Å². The zero-order valence-electron chi connectivity index (χ0n) is 11.5. The van der Waals surface area contributed by atoms with Gasteiger partial charge in [-0.1, -0.05) is 33.1 Å². The first-order valence-electron chi connectivity index (χ1n) is 7.27. The van der Waals surface area contributed by atoms with E-state index in [0.717, 1.165) is 18.2 Å². The summed E-state index contributed by atoms with van der Waals surface area (Å²) in [4.78, 5) is 0. The number of rotatable bonds is 7. The molecule has 17 heavy (non-hydrogen) atoms. The molecule has 1 fully saturated rings. The van der Waals surface area contributed by atoms with Crippen LogP contribution in [0.5, 0.6) is 0 Å². The molecule has 3 atom stereocenters. The minimum Gasteiger partial charge on any atom is -0.396 e. The van der Waals surface area contributed by atoms with E-state index in [-0.39, 0.29) is 0 Å². The number of hydrogen-bond acceptors (Lipinski definition) is 3. The Labute approximate surface area is 111 Å². The van der Waals surface area contributed by atoms with E-state index in [9.17, 15) is 0 Å². The minimum atomic E-state index is 0.327. The Balaban J connectivity index is 2.43. The van der Waals surface area contributed by atoms with Crippen molar-refractivity contribution in [1.29, 1.82) is 0 Å². The van der Waals surface area contributed by atoms with Crippen LogP contribution in [0.4, 0.5) is 0 Å². The molecule has 3 unspecified atom stereocenters. The molecule has 0 aromatic heterocycles. The van der Waals surface area contributed by atoms with Gasteiger partial charge in [0.15, 0.2) is 0 Å². The van der Waals surface area contributed by atoms with Gasteiger partial charge in [0.2, 0.25) is 0 Å². The summed E-state index contributed by atoms with van der Waals surface area (Å²) >= 11 is 2.09. The van der Waals surface area contributed by atoms with Gasteiger partial charge >= 0.3 is 0 Å². The molecule has 1 saturated carbocycles. The Hall–Kier alpha value is 0.270. The largest absolute Gasteiger partial charge is 0.396 e. The van der Waals surface area contributed by atoms with Crippen molar-refractivity contribution in [2.24, 2.45) is 0 Å². The smallest absolute Gasteiger partial charge is 0.0441 e. The summed E-state index contributed by atoms with van der Waals surface area (Å²) in [5.41, 5.74) is 0. The van der Waals surface area contributed by atoms with Crippen molar-refractivity contribution in [3.63, 3.8) is 0 Å². The van der Waals surface area contributed by atoms with Crippen molar-refractivity contribution < 1.29 is 5.11 Å². The lowest BCUT2D eigenvalue weighted by molar-refractivity contribution is 0.288. The molecular weight excluding hydrogens is 230 g/mol. The van der Waals surface area contributed by atoms with Crippen molar-refractivity contribution in [3.05, 3.63) is 0 Å². The molecule has 2 N–H and O–H groups in total. The van der Waals surface area contributed by atoms with Crippen molar-refractivity contribution in [3.8, 4) is 0 Å². The molecule has 0 bridgehead atoms. The Morgan fingerprint density at radius 1 is 1.29 bits per heavy atom. The molecule has 0 heterocycles. The van der Waals surface area contributed by atoms with Crippen LogP contribution < -0.4 is 5.32 Å². The van der Waals surface area contributed by atoms with Crippen molar-refractivity contribution in [2.75, 3.05) is 13.2 Å². The highest BCUT2D eigenvalue weighted by atomic mass is 32.2. The lowest BCUT2D eigenvalue weighted by Gasteiger charge is -2.28. The van der Waals surface area contributed by atoms with Crippen molar-refractivity contribution >= 4 is 11.8 Å². The summed E-state index contributed by atoms with van der Waals surface area (Å²) in [5, 5.41) is 14.1. The van der Waals surface area contributed by atoms with Gasteiger partial charge in [-0.15, -0.1) is 0 Å². The third kappa shape index (κ3) is 6.12. The quantitative estimate of drug-likeness (QED) is 0.689. The highest BCUT2D eigenvalue weighted by molar-refractivity contribution is 8.00. The van der Waals surface area contributed by atoms with Gasteiger partial charge in [0, 0.05) is 23.1 Å². The van der Waals surface area contributed by atoms with Crippen LogP contribution in [0, 0.1) is 0 Å². The van der Waals surface area contributed by atoms with Gasteiger partial charge in [-0.25, -0.2) is 0 Å². The van der Waals surface area contributed by atoms with Crippen LogP contribution in [-0.4, -0.2) is 34.8 Å². The van der Waals surface area contributed by atoms with Crippen LogP contribution in [0.1, 0.15) is 58.8 Å². The van der Waals surface area contributed by atoms with Crippen LogP contribution in [0.15, 0.2) is 0 Å². The van der Waals surface area contributed by atoms with E-state index < -0.39 is 0 Å². The van der Waals surface area contributed by atoms with Gasteiger partial charge in [-0.2, -0.15) is 11.8 Å². The monoisotopic (exact) mass is 259 g/mol. The summed E-state index contributed by atoms with van der Waals surface area (Å²) in [6.07, 6.45) is 9.00. The average molecular weight is 259 g/mol. The van der Waals surface area contributed by atoms with Crippen LogP contribution in [0.2, 0.25) is 0 Å². The maximum atomic E-state index is 9.00. The molecule has 1 aliphatic rings. The highest BCUT2D eigenvalue weighted by Gasteiger charge is 2.24. The van der Waals surface area contributed by atoms with Gasteiger partial charge < -0.3 is 10.4 Å². The summed E-state index contributed by atoms with van der Waals surface area (Å²) in [7, 11) is 0. The van der Waals surface area contributed by atoms with Gasteiger partial charge in [0.25, 0.3) is 0 Å². The lowest BCUT2D eigenvalue weighted by atomic mass is 10.1. The maximum Gasteiger partial charge on any atom is 0.0441 e. The molecule has 0 radical (unpaired) electrons. The number of aliphatic hydroxyl groups excluding tert-OH is 1. The number of thioether (sulfide) groups is 1. The third-order valence-corrected chi connectivity index (χ3v) is 5.17. The van der Waals surface area contributed by atoms with E-state index in [1.165, 1.54) is 38.5 Å². The second kappa shape index (κ2) is 9.23. The van der Waals surface area contributed by atoms with Gasteiger partial charge in [0.1, 0.15) is 0 Å². The van der Waals surface area contributed by atoms with Gasteiger partial charge in [-0.05, 0) is 32.2 Å². The number of hydrogen-bond donors (Lipinski definition) is 2. The minimum absolute atomic E-state index is 0.327. The molecule has 1 aliphatic carbocycles. The molecule has 102 valence electrons. The topological polar surface area (TPSA) is 32.3 Å². The van der Waals surface area contributed by atoms with E-state index in [2.05, 4.69) is 30.9 Å². The lowest BCUT2D eigenvalue weighted by Crippen LogP contribution is -2.38. The SMILES string of the molecule is CCCNC1CCCCCC1SC(C)CCO. The molecule has 3 heteroatoms. The zero-order chi connectivity index (χ0) is 12.5. The maximum absolute atomic E-state index is 9.00. The number of aliphatic hydroxyl groups is 1. The first-order chi connectivity index (χ1) is 8.27. The van der Waals surface area contributed by atoms with E-state index in [1.807, 2.05) is 0 Å². The molecule has 0 amide bonds. The van der Waals surface area contributed by atoms with E-state index in [4.69, 9.17) is 5.11 Å². The summed E-state index contributed by atoms with van der Waals surface area (Å²) in [6.45, 7) is 5.97. The van der Waals surface area contributed by atoms with E-state index in [0.29, 0.717) is 17.9 Å². The highest BCUT2D eigenvalue weighted by Crippen LogP contribution is 2.31. The first-order valence-corrected chi connectivity index (χ1v) is 8.22. The summed E-state index contributed by atoms with van der Waals surface area (Å²) in [5.74, 6) is 0. The molecule has 0 aliphatic heterocycles. The molecule has 0 aromatic carbocycles. The van der Waals surface area contributed by atoms with Gasteiger partial charge in [-0.3, -0.25) is 0 Å². The second-order valence-corrected chi connectivity index (χ2v) is 6.88. The van der Waals surface area contributed by atoms with Crippen LogP contribution in [0.3, 0.4) is 0 Å². The Morgan fingerprint density at radius 3 is 2.76 bits per heavy atom. The summed E-state index contributed by atoms with van der Waals surface area (Å²) in [6, 6.07) is 0.698. The first kappa shape index (κ1) is 15.3. The van der Waals surface area contributed by atoms with Crippen LogP contribution >= 0.6 is 11.8 Å². The fourth-order valence-corrected chi connectivity index (χ4v) is 4.11. The second-order valence-electron chi connectivity index (χ2n) is 5.20. The molecule has 2 nitrogen and oxygen atoms in total. The number of nitrogens with one attached hydrogen (secondary N) is 1. The van der Waals surface area contributed by atoms with E-state index >= 15 is 0 Å². The Morgan fingerprint density at radius 2 is 2.06 bits per heavy atom. The fourth-order valence-electron chi connectivity index (χ4n) is 2.55. The van der Waals surface area contributed by atoms with Crippen molar-refractivity contribution in [1.82, 2.24) is 5.32 Å². The van der Waals surface area contributed by atoms with Crippen molar-refractivity contribution in [2.45, 2.75) is 75.3 Å². The molecule has 0 aromatic rings. The molecular formula is C14H29NOS. The Bertz CT molecular complexity index is 189. The zero-order valence-corrected chi connectivity index (χ0v) is 12.3.